The van der Waals surface area contributed by atoms with Gasteiger partial charge in [-0.1, -0.05) is 30.2 Å². The average molecular weight is 264 g/mol. The van der Waals surface area contributed by atoms with Crippen LogP contribution in [0.5, 0.6) is 11.5 Å². The molecule has 0 saturated carbocycles. The van der Waals surface area contributed by atoms with E-state index in [1.54, 1.807) is 12.1 Å². The number of hydrogen-bond donors (Lipinski definition) is 0. The molecule has 0 N–H and O–H groups in total. The summed E-state index contributed by atoms with van der Waals surface area (Å²) < 4.78 is 10.8. The number of benzene rings is 2. The molecule has 2 aromatic rings. The first-order valence-electron chi connectivity index (χ1n) is 6.28. The van der Waals surface area contributed by atoms with E-state index in [-0.39, 0.29) is 6.61 Å². The summed E-state index contributed by atoms with van der Waals surface area (Å²) in [5.41, 5.74) is 2.40. The molecule has 3 heteroatoms. The third-order valence-electron chi connectivity index (χ3n) is 3.20. The molecular formula is C17H12O3. The topological polar surface area (TPSA) is 35.5 Å². The van der Waals surface area contributed by atoms with Crippen LogP contribution in [0.4, 0.5) is 0 Å². The zero-order valence-electron chi connectivity index (χ0n) is 10.8. The van der Waals surface area contributed by atoms with Gasteiger partial charge in [-0.05, 0) is 23.8 Å². The van der Waals surface area contributed by atoms with Crippen LogP contribution in [0.25, 0.3) is 0 Å². The minimum Gasteiger partial charge on any atom is -0.457 e. The van der Waals surface area contributed by atoms with Crippen LogP contribution in [-0.4, -0.2) is 12.6 Å². The van der Waals surface area contributed by atoms with Crippen molar-refractivity contribution < 1.29 is 14.3 Å². The van der Waals surface area contributed by atoms with Crippen LogP contribution >= 0.6 is 0 Å². The number of carbonyl (C=O) groups excluding carboxylic acids is 1. The molecule has 98 valence electrons. The minimum atomic E-state index is -0.414. The third kappa shape index (κ3) is 2.12. The molecule has 0 saturated heterocycles. The van der Waals surface area contributed by atoms with Gasteiger partial charge in [-0.15, -0.1) is 6.42 Å². The molecule has 0 amide bonds. The summed E-state index contributed by atoms with van der Waals surface area (Å²) in [7, 11) is 0. The molecule has 0 unspecified atom stereocenters. The monoisotopic (exact) mass is 264 g/mol. The van der Waals surface area contributed by atoms with E-state index in [2.05, 4.69) is 5.92 Å². The predicted octanol–water partition coefficient (Wildman–Crippen LogP) is 3.17. The Bertz CT molecular complexity index is 710. The normalized spacial score (nSPS) is 11.6. The van der Waals surface area contributed by atoms with Crippen LogP contribution in [0.2, 0.25) is 0 Å². The van der Waals surface area contributed by atoms with Crippen molar-refractivity contribution in [3.63, 3.8) is 0 Å². The average Bonchev–Trinajstić information content (AvgIpc) is 2.50. The standard InChI is InChI=1S/C17H12O3/c1-2-10-19-17(18)13-7-5-9-16-14(13)11-12-6-3-4-8-15(12)20-16/h1,3-9H,10-11H2. The maximum atomic E-state index is 12.0. The summed E-state index contributed by atoms with van der Waals surface area (Å²) in [6.07, 6.45) is 5.75. The van der Waals surface area contributed by atoms with E-state index in [0.717, 1.165) is 16.9 Å². The molecule has 20 heavy (non-hydrogen) atoms. The molecule has 3 nitrogen and oxygen atoms in total. The molecule has 0 radical (unpaired) electrons. The number of fused-ring (bicyclic) bond motifs is 2. The van der Waals surface area contributed by atoms with Gasteiger partial charge in [0.25, 0.3) is 0 Å². The van der Waals surface area contributed by atoms with Crippen molar-refractivity contribution in [3.8, 4) is 23.8 Å². The van der Waals surface area contributed by atoms with Gasteiger partial charge in [0.15, 0.2) is 6.61 Å². The van der Waals surface area contributed by atoms with Crippen molar-refractivity contribution in [2.75, 3.05) is 6.61 Å². The summed E-state index contributed by atoms with van der Waals surface area (Å²) in [6, 6.07) is 13.1. The second-order valence-electron chi connectivity index (χ2n) is 4.45. The summed E-state index contributed by atoms with van der Waals surface area (Å²) in [6.45, 7) is -0.0278. The third-order valence-corrected chi connectivity index (χ3v) is 3.20. The zero-order chi connectivity index (χ0) is 13.9. The molecule has 0 bridgehead atoms. The Morgan fingerprint density at radius 3 is 2.85 bits per heavy atom. The van der Waals surface area contributed by atoms with Gasteiger partial charge in [0.1, 0.15) is 11.5 Å². The lowest BCUT2D eigenvalue weighted by Crippen LogP contribution is -2.12. The molecule has 0 atom stereocenters. The summed E-state index contributed by atoms with van der Waals surface area (Å²) in [5, 5.41) is 0. The summed E-state index contributed by atoms with van der Waals surface area (Å²) >= 11 is 0. The Labute approximate surface area is 117 Å². The number of carbonyl (C=O) groups is 1. The highest BCUT2D eigenvalue weighted by molar-refractivity contribution is 5.92. The van der Waals surface area contributed by atoms with Crippen molar-refractivity contribution in [1.82, 2.24) is 0 Å². The molecule has 2 aromatic carbocycles. The molecule has 1 aliphatic heterocycles. The van der Waals surface area contributed by atoms with Crippen molar-refractivity contribution in [2.45, 2.75) is 6.42 Å². The molecule has 0 aliphatic carbocycles. The highest BCUT2D eigenvalue weighted by Gasteiger charge is 2.22. The van der Waals surface area contributed by atoms with Gasteiger partial charge in [0.2, 0.25) is 0 Å². The summed E-state index contributed by atoms with van der Waals surface area (Å²) in [5.74, 6) is 3.40. The van der Waals surface area contributed by atoms with Crippen molar-refractivity contribution >= 4 is 5.97 Å². The predicted molar refractivity (Wildman–Crippen MR) is 74.9 cm³/mol. The van der Waals surface area contributed by atoms with Crippen LogP contribution in [0.15, 0.2) is 42.5 Å². The molecular weight excluding hydrogens is 252 g/mol. The lowest BCUT2D eigenvalue weighted by atomic mass is 9.96. The quantitative estimate of drug-likeness (QED) is 0.527. The SMILES string of the molecule is C#CCOC(=O)c1cccc2c1Cc1ccccc1O2. The van der Waals surface area contributed by atoms with Gasteiger partial charge in [0.05, 0.1) is 5.56 Å². The molecule has 1 aliphatic rings. The zero-order valence-corrected chi connectivity index (χ0v) is 10.8. The number of hydrogen-bond acceptors (Lipinski definition) is 3. The number of para-hydroxylation sites is 1. The van der Waals surface area contributed by atoms with Crippen LogP contribution in [-0.2, 0) is 11.2 Å². The molecule has 0 aromatic heterocycles. The molecule has 3 rings (SSSR count). The van der Waals surface area contributed by atoms with Gasteiger partial charge in [-0.25, -0.2) is 4.79 Å². The fourth-order valence-electron chi connectivity index (χ4n) is 2.28. The highest BCUT2D eigenvalue weighted by atomic mass is 16.5. The van der Waals surface area contributed by atoms with Crippen molar-refractivity contribution in [1.29, 1.82) is 0 Å². The molecule has 1 heterocycles. The van der Waals surface area contributed by atoms with E-state index >= 15 is 0 Å². The number of terminal acetylenes is 1. The first-order valence-corrected chi connectivity index (χ1v) is 6.28. The Kier molecular flexibility index (Phi) is 3.14. The lowest BCUT2D eigenvalue weighted by Gasteiger charge is -2.21. The fourth-order valence-corrected chi connectivity index (χ4v) is 2.28. The number of ether oxygens (including phenoxy) is 2. The second kappa shape index (κ2) is 5.10. The largest absolute Gasteiger partial charge is 0.457 e. The van der Waals surface area contributed by atoms with Crippen LogP contribution < -0.4 is 4.74 Å². The minimum absolute atomic E-state index is 0.0278. The Morgan fingerprint density at radius 2 is 2.00 bits per heavy atom. The van der Waals surface area contributed by atoms with Gasteiger partial charge in [0, 0.05) is 12.0 Å². The van der Waals surface area contributed by atoms with Crippen LogP contribution in [0, 0.1) is 12.3 Å². The second-order valence-corrected chi connectivity index (χ2v) is 4.45. The van der Waals surface area contributed by atoms with Gasteiger partial charge in [-0.3, -0.25) is 0 Å². The Morgan fingerprint density at radius 1 is 1.20 bits per heavy atom. The maximum Gasteiger partial charge on any atom is 0.339 e. The van der Waals surface area contributed by atoms with E-state index < -0.39 is 5.97 Å². The number of esters is 1. The first kappa shape index (κ1) is 12.3. The van der Waals surface area contributed by atoms with E-state index in [0.29, 0.717) is 17.7 Å². The van der Waals surface area contributed by atoms with Crippen molar-refractivity contribution in [2.24, 2.45) is 0 Å². The summed E-state index contributed by atoms with van der Waals surface area (Å²) in [4.78, 5) is 12.0. The van der Waals surface area contributed by atoms with Crippen LogP contribution in [0.1, 0.15) is 21.5 Å². The van der Waals surface area contributed by atoms with Gasteiger partial charge >= 0.3 is 5.97 Å². The maximum absolute atomic E-state index is 12.0. The first-order chi connectivity index (χ1) is 9.79. The van der Waals surface area contributed by atoms with E-state index in [1.165, 1.54) is 0 Å². The van der Waals surface area contributed by atoms with Gasteiger partial charge < -0.3 is 9.47 Å². The Hall–Kier alpha value is -2.73. The number of rotatable bonds is 2. The molecule has 0 fully saturated rings. The van der Waals surface area contributed by atoms with Gasteiger partial charge in [-0.2, -0.15) is 0 Å². The lowest BCUT2D eigenvalue weighted by molar-refractivity contribution is 0.0555. The van der Waals surface area contributed by atoms with E-state index in [4.69, 9.17) is 15.9 Å². The van der Waals surface area contributed by atoms with Crippen molar-refractivity contribution in [3.05, 3.63) is 59.2 Å². The molecule has 0 spiro atoms. The Balaban J connectivity index is 1.98. The van der Waals surface area contributed by atoms with E-state index in [9.17, 15) is 4.79 Å². The van der Waals surface area contributed by atoms with Crippen LogP contribution in [0.3, 0.4) is 0 Å². The van der Waals surface area contributed by atoms with E-state index in [1.807, 2.05) is 30.3 Å². The highest BCUT2D eigenvalue weighted by Crippen LogP contribution is 2.37. The fraction of sp³-hybridized carbons (Fsp3) is 0.118. The smallest absolute Gasteiger partial charge is 0.339 e.